The van der Waals surface area contributed by atoms with Gasteiger partial charge in [-0.15, -0.1) is 5.10 Å². The van der Waals surface area contributed by atoms with Gasteiger partial charge in [0.05, 0.1) is 11.9 Å². The lowest BCUT2D eigenvalue weighted by molar-refractivity contribution is 0.142. The van der Waals surface area contributed by atoms with Crippen molar-refractivity contribution in [3.63, 3.8) is 0 Å². The van der Waals surface area contributed by atoms with Crippen molar-refractivity contribution in [3.8, 4) is 17.4 Å². The fourth-order valence-corrected chi connectivity index (χ4v) is 2.80. The normalized spacial score (nSPS) is 11.3. The van der Waals surface area contributed by atoms with Gasteiger partial charge in [0.1, 0.15) is 17.3 Å². The molecule has 0 bridgehead atoms. The van der Waals surface area contributed by atoms with E-state index in [4.69, 9.17) is 4.42 Å². The highest BCUT2D eigenvalue weighted by molar-refractivity contribution is 5.50. The Morgan fingerprint density at radius 1 is 1.13 bits per heavy atom. The second-order valence-electron chi connectivity index (χ2n) is 6.42. The van der Waals surface area contributed by atoms with Gasteiger partial charge >= 0.3 is 5.76 Å². The third-order valence-electron chi connectivity index (χ3n) is 4.36. The van der Waals surface area contributed by atoms with Crippen LogP contribution in [0.5, 0.6) is 0 Å². The van der Waals surface area contributed by atoms with Gasteiger partial charge < -0.3 is 9.73 Å². The Hall–Kier alpha value is -3.96. The van der Waals surface area contributed by atoms with Crippen LogP contribution in [0.15, 0.2) is 51.8 Å². The smallest absolute Gasteiger partial charge is 0.386 e. The molecule has 8 nitrogen and oxygen atoms in total. The van der Waals surface area contributed by atoms with Crippen LogP contribution in [-0.4, -0.2) is 24.5 Å². The van der Waals surface area contributed by atoms with Gasteiger partial charge in [0.2, 0.25) is 0 Å². The summed E-state index contributed by atoms with van der Waals surface area (Å²) in [5.74, 6) is -2.29. The number of benzene rings is 1. The molecule has 3 heterocycles. The monoisotopic (exact) mass is 434 g/mol. The number of pyridine rings is 1. The zero-order valence-corrected chi connectivity index (χ0v) is 15.9. The molecule has 0 radical (unpaired) electrons. The van der Waals surface area contributed by atoms with Gasteiger partial charge in [-0.2, -0.15) is 9.78 Å². The second kappa shape index (κ2) is 8.05. The zero-order chi connectivity index (χ0) is 22.1. The standard InChI is InChI=1S/C19H14F4N6O2/c1-28-19(30)31-18(27-28)14-7-15(17(22)23)29(26-14)16-6-5-10(8-25-16)24-9-11-12(20)3-2-4-13(11)21/h2-8,17,24H,9H2,1H3. The van der Waals surface area contributed by atoms with E-state index < -0.39 is 29.5 Å². The molecule has 0 aliphatic rings. The van der Waals surface area contributed by atoms with Crippen LogP contribution in [0.4, 0.5) is 23.2 Å². The largest absolute Gasteiger partial charge is 0.437 e. The molecule has 31 heavy (non-hydrogen) atoms. The van der Waals surface area contributed by atoms with Crippen molar-refractivity contribution < 1.29 is 22.0 Å². The molecule has 0 aliphatic heterocycles. The van der Waals surface area contributed by atoms with Crippen LogP contribution in [0.1, 0.15) is 17.7 Å². The molecule has 12 heteroatoms. The maximum absolute atomic E-state index is 13.7. The number of halogens is 4. The maximum Gasteiger partial charge on any atom is 0.437 e. The third-order valence-corrected chi connectivity index (χ3v) is 4.36. The number of alkyl halides is 2. The predicted octanol–water partition coefficient (Wildman–Crippen LogP) is 3.45. The molecule has 0 atom stereocenters. The van der Waals surface area contributed by atoms with E-state index in [1.165, 1.54) is 31.4 Å². The second-order valence-corrected chi connectivity index (χ2v) is 6.42. The first-order chi connectivity index (χ1) is 14.8. The van der Waals surface area contributed by atoms with Crippen LogP contribution in [0.3, 0.4) is 0 Å². The molecule has 0 saturated carbocycles. The van der Waals surface area contributed by atoms with Crippen molar-refractivity contribution in [2.24, 2.45) is 7.05 Å². The quantitative estimate of drug-likeness (QED) is 0.468. The fraction of sp³-hybridized carbons (Fsp3) is 0.158. The minimum Gasteiger partial charge on any atom is -0.386 e. The number of nitrogens with one attached hydrogen (secondary N) is 1. The Balaban J connectivity index is 1.59. The summed E-state index contributed by atoms with van der Waals surface area (Å²) in [5, 5.41) is 10.6. The molecule has 0 saturated heterocycles. The van der Waals surface area contributed by atoms with Crippen LogP contribution < -0.4 is 11.1 Å². The lowest BCUT2D eigenvalue weighted by Crippen LogP contribution is -2.09. The molecule has 160 valence electrons. The SMILES string of the molecule is Cn1nc(-c2cc(C(F)F)n(-c3ccc(NCc4c(F)cccc4F)cn3)n2)oc1=O. The van der Waals surface area contributed by atoms with Gasteiger partial charge in [0, 0.05) is 19.2 Å². The Morgan fingerprint density at radius 2 is 1.87 bits per heavy atom. The first-order valence-electron chi connectivity index (χ1n) is 8.89. The zero-order valence-electron chi connectivity index (χ0n) is 15.9. The average molecular weight is 434 g/mol. The van der Waals surface area contributed by atoms with E-state index in [2.05, 4.69) is 20.5 Å². The molecule has 0 amide bonds. The minimum atomic E-state index is -2.89. The highest BCUT2D eigenvalue weighted by atomic mass is 19.3. The number of nitrogens with zero attached hydrogens (tertiary/aromatic N) is 5. The Bertz CT molecular complexity index is 1260. The topological polar surface area (TPSA) is 90.8 Å². The molecule has 0 aliphatic carbocycles. The summed E-state index contributed by atoms with van der Waals surface area (Å²) in [5.41, 5.74) is -0.273. The summed E-state index contributed by atoms with van der Waals surface area (Å²) < 4.78 is 61.1. The Labute approximate surface area is 171 Å². The number of hydrogen-bond donors (Lipinski definition) is 1. The first-order valence-corrected chi connectivity index (χ1v) is 8.89. The highest BCUT2D eigenvalue weighted by Gasteiger charge is 2.22. The molecule has 3 aromatic heterocycles. The van der Waals surface area contributed by atoms with Gasteiger partial charge in [-0.3, -0.25) is 0 Å². The van der Waals surface area contributed by atoms with E-state index in [0.29, 0.717) is 5.69 Å². The number of aryl methyl sites for hydroxylation is 1. The summed E-state index contributed by atoms with van der Waals surface area (Å²) in [6.07, 6.45) is -1.58. The molecule has 1 aromatic carbocycles. The Morgan fingerprint density at radius 3 is 2.45 bits per heavy atom. The third kappa shape index (κ3) is 4.04. The molecule has 4 aromatic rings. The van der Waals surface area contributed by atoms with E-state index in [1.54, 1.807) is 0 Å². The molecular formula is C19H14F4N6O2. The van der Waals surface area contributed by atoms with E-state index in [-0.39, 0.29) is 29.5 Å². The van der Waals surface area contributed by atoms with Gasteiger partial charge in [-0.1, -0.05) is 6.07 Å². The number of aromatic nitrogens is 5. The predicted molar refractivity (Wildman–Crippen MR) is 101 cm³/mol. The highest BCUT2D eigenvalue weighted by Crippen LogP contribution is 2.26. The molecule has 4 rings (SSSR count). The van der Waals surface area contributed by atoms with Crippen molar-refractivity contribution >= 4 is 5.69 Å². The van der Waals surface area contributed by atoms with E-state index in [1.807, 2.05) is 0 Å². The van der Waals surface area contributed by atoms with Crippen LogP contribution in [-0.2, 0) is 13.6 Å². The van der Waals surface area contributed by atoms with Crippen LogP contribution in [0.25, 0.3) is 17.4 Å². The van der Waals surface area contributed by atoms with Crippen molar-refractivity contribution in [2.75, 3.05) is 5.32 Å². The first kappa shape index (κ1) is 20.3. The van der Waals surface area contributed by atoms with Gasteiger partial charge in [0.25, 0.3) is 12.3 Å². The molecule has 0 spiro atoms. The number of hydrogen-bond acceptors (Lipinski definition) is 6. The minimum absolute atomic E-state index is 0.0578. The molecule has 0 unspecified atom stereocenters. The lowest BCUT2D eigenvalue weighted by atomic mass is 10.2. The molecular weight excluding hydrogens is 420 g/mol. The maximum atomic E-state index is 13.7. The van der Waals surface area contributed by atoms with Gasteiger partial charge in [0.15, 0.2) is 11.5 Å². The number of rotatable bonds is 6. The van der Waals surface area contributed by atoms with Crippen LogP contribution >= 0.6 is 0 Å². The number of anilines is 1. The van der Waals surface area contributed by atoms with Gasteiger partial charge in [-0.25, -0.2) is 32.0 Å². The summed E-state index contributed by atoms with van der Waals surface area (Å²) in [4.78, 5) is 15.5. The lowest BCUT2D eigenvalue weighted by Gasteiger charge is -2.10. The van der Waals surface area contributed by atoms with Crippen molar-refractivity contribution in [1.82, 2.24) is 24.5 Å². The van der Waals surface area contributed by atoms with Crippen molar-refractivity contribution in [3.05, 3.63) is 76.0 Å². The molecule has 0 fully saturated rings. The summed E-state index contributed by atoms with van der Waals surface area (Å²) in [7, 11) is 1.35. The van der Waals surface area contributed by atoms with E-state index in [0.717, 1.165) is 27.6 Å². The van der Waals surface area contributed by atoms with E-state index in [9.17, 15) is 22.4 Å². The Kier molecular flexibility index (Phi) is 5.28. The van der Waals surface area contributed by atoms with Gasteiger partial charge in [-0.05, 0) is 30.3 Å². The fourth-order valence-electron chi connectivity index (χ4n) is 2.80. The van der Waals surface area contributed by atoms with Crippen molar-refractivity contribution in [1.29, 1.82) is 0 Å². The average Bonchev–Trinajstić information content (AvgIpc) is 3.32. The van der Waals surface area contributed by atoms with Crippen LogP contribution in [0, 0.1) is 11.6 Å². The van der Waals surface area contributed by atoms with E-state index >= 15 is 0 Å². The van der Waals surface area contributed by atoms with Crippen molar-refractivity contribution in [2.45, 2.75) is 13.0 Å². The molecule has 1 N–H and O–H groups in total. The summed E-state index contributed by atoms with van der Waals surface area (Å²) in [6, 6.07) is 7.50. The summed E-state index contributed by atoms with van der Waals surface area (Å²) in [6.45, 7) is -0.132. The van der Waals surface area contributed by atoms with Crippen LogP contribution in [0.2, 0.25) is 0 Å². The summed E-state index contributed by atoms with van der Waals surface area (Å²) >= 11 is 0.